The summed E-state index contributed by atoms with van der Waals surface area (Å²) >= 11 is 0. The minimum Gasteiger partial charge on any atom is -0.494 e. The van der Waals surface area contributed by atoms with Crippen LogP contribution in [0.2, 0.25) is 0 Å². The summed E-state index contributed by atoms with van der Waals surface area (Å²) in [6, 6.07) is 10.8. The van der Waals surface area contributed by atoms with Gasteiger partial charge in [0.1, 0.15) is 5.75 Å². The van der Waals surface area contributed by atoms with Gasteiger partial charge in [-0.15, -0.1) is 0 Å². The highest BCUT2D eigenvalue weighted by molar-refractivity contribution is 6.04. The zero-order valence-corrected chi connectivity index (χ0v) is 12.4. The average molecular weight is 284 g/mol. The number of anilines is 1. The van der Waals surface area contributed by atoms with Crippen LogP contribution in [-0.2, 0) is 0 Å². The second kappa shape index (κ2) is 7.43. The van der Waals surface area contributed by atoms with Crippen molar-refractivity contribution in [3.8, 4) is 5.75 Å². The van der Waals surface area contributed by atoms with E-state index in [0.29, 0.717) is 23.8 Å². The van der Waals surface area contributed by atoms with Gasteiger partial charge in [-0.2, -0.15) is 0 Å². The first-order chi connectivity index (χ1) is 10.1. The molecule has 110 valence electrons. The molecule has 0 spiro atoms. The number of aromatic nitrogens is 1. The molecule has 1 aromatic carbocycles. The fourth-order valence-electron chi connectivity index (χ4n) is 1.78. The molecule has 0 saturated heterocycles. The normalized spacial score (nSPS) is 10.4. The van der Waals surface area contributed by atoms with Gasteiger partial charge in [-0.1, -0.05) is 19.9 Å². The van der Waals surface area contributed by atoms with Crippen molar-refractivity contribution in [1.82, 2.24) is 4.98 Å². The number of ether oxygens (including phenoxy) is 1. The predicted octanol–water partition coefficient (Wildman–Crippen LogP) is 3.76. The first kappa shape index (κ1) is 15.0. The highest BCUT2D eigenvalue weighted by Gasteiger charge is 2.07. The lowest BCUT2D eigenvalue weighted by Crippen LogP contribution is -2.12. The Balaban J connectivity index is 1.98. The van der Waals surface area contributed by atoms with Crippen molar-refractivity contribution >= 4 is 11.6 Å². The standard InChI is InChI=1S/C17H20N2O2/c1-13(2)8-10-21-16-7-3-5-14(11-16)17(20)19-15-6-4-9-18-12-15/h3-7,9,11-13H,8,10H2,1-2H3,(H,19,20). The Morgan fingerprint density at radius 3 is 2.86 bits per heavy atom. The lowest BCUT2D eigenvalue weighted by molar-refractivity contribution is 0.102. The van der Waals surface area contributed by atoms with Crippen LogP contribution in [0.5, 0.6) is 5.75 Å². The van der Waals surface area contributed by atoms with E-state index in [-0.39, 0.29) is 5.91 Å². The van der Waals surface area contributed by atoms with Crippen LogP contribution >= 0.6 is 0 Å². The van der Waals surface area contributed by atoms with Crippen molar-refractivity contribution in [2.24, 2.45) is 5.92 Å². The maximum atomic E-state index is 12.2. The number of benzene rings is 1. The molecule has 1 N–H and O–H groups in total. The number of nitrogens with one attached hydrogen (secondary N) is 1. The fraction of sp³-hybridized carbons (Fsp3) is 0.294. The molecule has 2 rings (SSSR count). The van der Waals surface area contributed by atoms with Gasteiger partial charge in [-0.25, -0.2) is 0 Å². The van der Waals surface area contributed by atoms with Crippen molar-refractivity contribution in [1.29, 1.82) is 0 Å². The highest BCUT2D eigenvalue weighted by atomic mass is 16.5. The average Bonchev–Trinajstić information content (AvgIpc) is 2.48. The highest BCUT2D eigenvalue weighted by Crippen LogP contribution is 2.16. The molecule has 4 nitrogen and oxygen atoms in total. The SMILES string of the molecule is CC(C)CCOc1cccc(C(=O)Nc2cccnc2)c1. The summed E-state index contributed by atoms with van der Waals surface area (Å²) < 4.78 is 5.67. The maximum absolute atomic E-state index is 12.2. The van der Waals surface area contributed by atoms with Gasteiger partial charge in [0.15, 0.2) is 0 Å². The van der Waals surface area contributed by atoms with E-state index >= 15 is 0 Å². The van der Waals surface area contributed by atoms with Gasteiger partial charge in [-0.05, 0) is 42.7 Å². The van der Waals surface area contributed by atoms with Gasteiger partial charge >= 0.3 is 0 Å². The van der Waals surface area contributed by atoms with Gasteiger partial charge in [0.25, 0.3) is 5.91 Å². The summed E-state index contributed by atoms with van der Waals surface area (Å²) in [4.78, 5) is 16.1. The molecule has 4 heteroatoms. The molecule has 21 heavy (non-hydrogen) atoms. The molecule has 2 aromatic rings. The molecule has 0 unspecified atom stereocenters. The van der Waals surface area contributed by atoms with Crippen LogP contribution in [-0.4, -0.2) is 17.5 Å². The largest absolute Gasteiger partial charge is 0.494 e. The van der Waals surface area contributed by atoms with Gasteiger partial charge in [0, 0.05) is 11.8 Å². The summed E-state index contributed by atoms with van der Waals surface area (Å²) in [7, 11) is 0. The topological polar surface area (TPSA) is 51.2 Å². The summed E-state index contributed by atoms with van der Waals surface area (Å²) in [5.41, 5.74) is 1.24. The number of rotatable bonds is 6. The Hall–Kier alpha value is -2.36. The zero-order valence-electron chi connectivity index (χ0n) is 12.4. The third kappa shape index (κ3) is 4.91. The molecule has 0 saturated carbocycles. The third-order valence-corrected chi connectivity index (χ3v) is 2.98. The number of hydrogen-bond donors (Lipinski definition) is 1. The Labute approximate surface area is 125 Å². The van der Waals surface area contributed by atoms with Crippen LogP contribution in [0.1, 0.15) is 30.6 Å². The van der Waals surface area contributed by atoms with Crippen LogP contribution in [0.3, 0.4) is 0 Å². The van der Waals surface area contributed by atoms with Crippen LogP contribution in [0, 0.1) is 5.92 Å². The Bertz CT molecular complexity index is 582. The molecule has 0 atom stereocenters. The van der Waals surface area contributed by atoms with Gasteiger partial charge < -0.3 is 10.1 Å². The minimum absolute atomic E-state index is 0.169. The number of amides is 1. The first-order valence-corrected chi connectivity index (χ1v) is 7.09. The molecule has 0 radical (unpaired) electrons. The van der Waals surface area contributed by atoms with Crippen LogP contribution < -0.4 is 10.1 Å². The van der Waals surface area contributed by atoms with Crippen LogP contribution in [0.4, 0.5) is 5.69 Å². The molecule has 1 amide bonds. The molecule has 0 aliphatic rings. The first-order valence-electron chi connectivity index (χ1n) is 7.09. The van der Waals surface area contributed by atoms with Crippen molar-refractivity contribution in [3.63, 3.8) is 0 Å². The number of carbonyl (C=O) groups excluding carboxylic acids is 1. The van der Waals surface area contributed by atoms with Gasteiger partial charge in [0.2, 0.25) is 0 Å². The quantitative estimate of drug-likeness (QED) is 0.878. The lowest BCUT2D eigenvalue weighted by atomic mass is 10.1. The minimum atomic E-state index is -0.169. The number of hydrogen-bond acceptors (Lipinski definition) is 3. The van der Waals surface area contributed by atoms with Crippen molar-refractivity contribution < 1.29 is 9.53 Å². The molecule has 1 aromatic heterocycles. The predicted molar refractivity (Wildman–Crippen MR) is 83.6 cm³/mol. The summed E-state index contributed by atoms with van der Waals surface area (Å²) in [6.45, 7) is 4.97. The Morgan fingerprint density at radius 2 is 2.14 bits per heavy atom. The number of nitrogens with zero attached hydrogens (tertiary/aromatic N) is 1. The Kier molecular flexibility index (Phi) is 5.32. The molecular weight excluding hydrogens is 264 g/mol. The molecular formula is C17H20N2O2. The van der Waals surface area contributed by atoms with Crippen LogP contribution in [0.25, 0.3) is 0 Å². The van der Waals surface area contributed by atoms with Gasteiger partial charge in [0.05, 0.1) is 18.5 Å². The maximum Gasteiger partial charge on any atom is 0.255 e. The van der Waals surface area contributed by atoms with E-state index in [4.69, 9.17) is 4.74 Å². The van der Waals surface area contributed by atoms with E-state index in [2.05, 4.69) is 24.1 Å². The van der Waals surface area contributed by atoms with Crippen molar-refractivity contribution in [2.75, 3.05) is 11.9 Å². The number of carbonyl (C=O) groups is 1. The lowest BCUT2D eigenvalue weighted by Gasteiger charge is -2.09. The van der Waals surface area contributed by atoms with E-state index in [1.54, 1.807) is 36.7 Å². The van der Waals surface area contributed by atoms with Crippen LogP contribution in [0.15, 0.2) is 48.8 Å². The van der Waals surface area contributed by atoms with E-state index < -0.39 is 0 Å². The molecule has 0 aliphatic heterocycles. The second-order valence-corrected chi connectivity index (χ2v) is 5.25. The molecule has 0 fully saturated rings. The van der Waals surface area contributed by atoms with E-state index in [0.717, 1.165) is 12.2 Å². The molecule has 0 aliphatic carbocycles. The van der Waals surface area contributed by atoms with Crippen molar-refractivity contribution in [3.05, 3.63) is 54.4 Å². The monoisotopic (exact) mass is 284 g/mol. The molecule has 0 bridgehead atoms. The fourth-order valence-corrected chi connectivity index (χ4v) is 1.78. The summed E-state index contributed by atoms with van der Waals surface area (Å²) in [5, 5.41) is 2.80. The summed E-state index contributed by atoms with van der Waals surface area (Å²) in [5.74, 6) is 1.15. The van der Waals surface area contributed by atoms with E-state index in [1.807, 2.05) is 12.1 Å². The number of pyridine rings is 1. The van der Waals surface area contributed by atoms with Crippen molar-refractivity contribution in [2.45, 2.75) is 20.3 Å². The second-order valence-electron chi connectivity index (χ2n) is 5.25. The van der Waals surface area contributed by atoms with Gasteiger partial charge in [-0.3, -0.25) is 9.78 Å². The summed E-state index contributed by atoms with van der Waals surface area (Å²) in [6.07, 6.45) is 4.27. The van der Waals surface area contributed by atoms with E-state index in [1.165, 1.54) is 0 Å². The Morgan fingerprint density at radius 1 is 1.29 bits per heavy atom. The third-order valence-electron chi connectivity index (χ3n) is 2.98. The molecule has 1 heterocycles. The zero-order chi connectivity index (χ0) is 15.1. The van der Waals surface area contributed by atoms with E-state index in [9.17, 15) is 4.79 Å². The smallest absolute Gasteiger partial charge is 0.255 e.